The first-order valence-electron chi connectivity index (χ1n) is 5.54. The van der Waals surface area contributed by atoms with Gasteiger partial charge in [-0.2, -0.15) is 0 Å². The molecule has 2 aromatic carbocycles. The summed E-state index contributed by atoms with van der Waals surface area (Å²) in [5.74, 6) is -0.461. The summed E-state index contributed by atoms with van der Waals surface area (Å²) in [4.78, 5) is 0. The van der Waals surface area contributed by atoms with Crippen LogP contribution >= 0.6 is 45.8 Å². The molecule has 0 heterocycles. The summed E-state index contributed by atoms with van der Waals surface area (Å²) in [5, 5.41) is 10.8. The summed E-state index contributed by atoms with van der Waals surface area (Å²) in [7, 11) is 0. The van der Waals surface area contributed by atoms with E-state index in [-0.39, 0.29) is 5.02 Å². The van der Waals surface area contributed by atoms with Gasteiger partial charge < -0.3 is 5.11 Å². The second kappa shape index (κ2) is 6.39. The van der Waals surface area contributed by atoms with Crippen molar-refractivity contribution in [3.05, 3.63) is 67.0 Å². The molecule has 0 saturated heterocycles. The lowest BCUT2D eigenvalue weighted by molar-refractivity contribution is 0.178. The Hall–Kier alpha value is -0.360. The fraction of sp³-hybridized carbons (Fsp3) is 0.143. The first kappa shape index (κ1) is 15.0. The first-order valence-corrected chi connectivity index (χ1v) is 7.38. The van der Waals surface area contributed by atoms with Gasteiger partial charge >= 0.3 is 0 Å². The van der Waals surface area contributed by atoms with Gasteiger partial charge in [-0.1, -0.05) is 35.3 Å². The minimum Gasteiger partial charge on any atom is -0.388 e. The molecule has 1 atom stereocenters. The van der Waals surface area contributed by atoms with E-state index in [1.165, 1.54) is 12.1 Å². The Morgan fingerprint density at radius 1 is 1.11 bits per heavy atom. The number of hydrogen-bond donors (Lipinski definition) is 1. The van der Waals surface area contributed by atoms with Gasteiger partial charge in [-0.25, -0.2) is 4.39 Å². The maximum Gasteiger partial charge on any atom is 0.141 e. The fourth-order valence-corrected chi connectivity index (χ4v) is 2.45. The van der Waals surface area contributed by atoms with E-state index in [1.54, 1.807) is 12.1 Å². The molecule has 2 aromatic rings. The van der Waals surface area contributed by atoms with E-state index >= 15 is 0 Å². The lowest BCUT2D eigenvalue weighted by atomic mass is 10.0. The zero-order valence-corrected chi connectivity index (χ0v) is 13.4. The minimum absolute atomic E-state index is 0.0605. The molecule has 5 heteroatoms. The smallest absolute Gasteiger partial charge is 0.141 e. The van der Waals surface area contributed by atoms with E-state index in [4.69, 9.17) is 23.2 Å². The summed E-state index contributed by atoms with van der Waals surface area (Å²) in [6.07, 6.45) is -0.340. The van der Waals surface area contributed by atoms with E-state index in [0.29, 0.717) is 11.4 Å². The monoisotopic (exact) mass is 410 g/mol. The van der Waals surface area contributed by atoms with Gasteiger partial charge in [0.05, 0.1) is 16.1 Å². The number of rotatable bonds is 3. The van der Waals surface area contributed by atoms with Gasteiger partial charge in [0.15, 0.2) is 0 Å². The molecule has 1 nitrogen and oxygen atoms in total. The molecule has 0 aliphatic carbocycles. The van der Waals surface area contributed by atoms with E-state index in [9.17, 15) is 9.50 Å². The van der Waals surface area contributed by atoms with Crippen molar-refractivity contribution in [1.82, 2.24) is 0 Å². The number of aliphatic hydroxyl groups is 1. The SMILES string of the molecule is OC(Cc1ccc(F)c(Cl)c1)c1ccc(I)c(Cl)c1. The zero-order chi connectivity index (χ0) is 14.0. The van der Waals surface area contributed by atoms with Crippen molar-refractivity contribution in [2.45, 2.75) is 12.5 Å². The normalized spacial score (nSPS) is 12.5. The molecule has 0 bridgehead atoms. The van der Waals surface area contributed by atoms with Crippen LogP contribution in [0, 0.1) is 9.39 Å². The second-order valence-electron chi connectivity index (χ2n) is 4.14. The first-order chi connectivity index (χ1) is 8.97. The van der Waals surface area contributed by atoms with Crippen molar-refractivity contribution in [1.29, 1.82) is 0 Å². The van der Waals surface area contributed by atoms with Crippen LogP contribution in [0.15, 0.2) is 36.4 Å². The van der Waals surface area contributed by atoms with E-state index in [2.05, 4.69) is 22.6 Å². The van der Waals surface area contributed by atoms with Crippen LogP contribution in [0.1, 0.15) is 17.2 Å². The Morgan fingerprint density at radius 3 is 2.47 bits per heavy atom. The van der Waals surface area contributed by atoms with Crippen LogP contribution in [-0.4, -0.2) is 5.11 Å². The fourth-order valence-electron chi connectivity index (χ4n) is 1.73. The Balaban J connectivity index is 2.17. The summed E-state index contributed by atoms with van der Waals surface area (Å²) in [5.41, 5.74) is 1.50. The molecule has 0 aromatic heterocycles. The van der Waals surface area contributed by atoms with Crippen LogP contribution in [0.4, 0.5) is 4.39 Å². The summed E-state index contributed by atoms with van der Waals surface area (Å²) >= 11 is 13.9. The van der Waals surface area contributed by atoms with Crippen LogP contribution in [0.25, 0.3) is 0 Å². The molecule has 100 valence electrons. The quantitative estimate of drug-likeness (QED) is 0.705. The van der Waals surface area contributed by atoms with Gasteiger partial charge in [0, 0.05) is 9.99 Å². The number of benzene rings is 2. The van der Waals surface area contributed by atoms with E-state index in [1.807, 2.05) is 12.1 Å². The third-order valence-electron chi connectivity index (χ3n) is 2.74. The topological polar surface area (TPSA) is 20.2 Å². The van der Waals surface area contributed by atoms with Crippen LogP contribution < -0.4 is 0 Å². The van der Waals surface area contributed by atoms with Gasteiger partial charge in [-0.3, -0.25) is 0 Å². The standard InChI is InChI=1S/C14H10Cl2FIO/c15-10-5-8(1-3-12(10)17)6-14(19)9-2-4-13(18)11(16)7-9/h1-5,7,14,19H,6H2. The van der Waals surface area contributed by atoms with Crippen molar-refractivity contribution in [2.75, 3.05) is 0 Å². The predicted molar refractivity (Wildman–Crippen MR) is 84.2 cm³/mol. The van der Waals surface area contributed by atoms with Crippen molar-refractivity contribution in [3.63, 3.8) is 0 Å². The molecule has 0 spiro atoms. The van der Waals surface area contributed by atoms with Gasteiger partial charge in [-0.05, 0) is 58.0 Å². The molecular formula is C14H10Cl2FIO. The number of hydrogen-bond acceptors (Lipinski definition) is 1. The molecule has 0 radical (unpaired) electrons. The maximum atomic E-state index is 13.0. The van der Waals surface area contributed by atoms with Crippen molar-refractivity contribution in [2.24, 2.45) is 0 Å². The molecular weight excluding hydrogens is 401 g/mol. The molecule has 0 saturated carbocycles. The largest absolute Gasteiger partial charge is 0.388 e. The van der Waals surface area contributed by atoms with Gasteiger partial charge in [0.1, 0.15) is 5.82 Å². The predicted octanol–water partition coefficient (Wildman–Crippen LogP) is 5.01. The second-order valence-corrected chi connectivity index (χ2v) is 6.12. The van der Waals surface area contributed by atoms with Gasteiger partial charge in [0.25, 0.3) is 0 Å². The summed E-state index contributed by atoms with van der Waals surface area (Å²) in [6.45, 7) is 0. The Bertz CT molecular complexity index is 604. The number of aliphatic hydroxyl groups excluding tert-OH is 1. The highest BCUT2D eigenvalue weighted by atomic mass is 127. The van der Waals surface area contributed by atoms with Gasteiger partial charge in [-0.15, -0.1) is 0 Å². The number of halogens is 4. The molecule has 0 amide bonds. The van der Waals surface area contributed by atoms with Crippen LogP contribution in [0.2, 0.25) is 10.0 Å². The third kappa shape index (κ3) is 3.81. The Labute approximate surface area is 134 Å². The molecule has 0 aliphatic rings. The van der Waals surface area contributed by atoms with Crippen molar-refractivity contribution >= 4 is 45.8 Å². The Kier molecular flexibility index (Phi) is 5.06. The highest BCUT2D eigenvalue weighted by Gasteiger charge is 2.11. The minimum atomic E-state index is -0.698. The lowest BCUT2D eigenvalue weighted by Gasteiger charge is -2.12. The average molecular weight is 411 g/mol. The Morgan fingerprint density at radius 2 is 1.84 bits per heavy atom. The maximum absolute atomic E-state index is 13.0. The van der Waals surface area contributed by atoms with Crippen molar-refractivity contribution < 1.29 is 9.50 Å². The zero-order valence-electron chi connectivity index (χ0n) is 9.71. The van der Waals surface area contributed by atoms with Gasteiger partial charge in [0.2, 0.25) is 0 Å². The molecule has 19 heavy (non-hydrogen) atoms. The van der Waals surface area contributed by atoms with E-state index in [0.717, 1.165) is 14.7 Å². The highest BCUT2D eigenvalue weighted by Crippen LogP contribution is 2.26. The molecule has 0 aliphatic heterocycles. The highest BCUT2D eigenvalue weighted by molar-refractivity contribution is 14.1. The third-order valence-corrected chi connectivity index (χ3v) is 4.60. The van der Waals surface area contributed by atoms with Crippen LogP contribution in [-0.2, 0) is 6.42 Å². The molecule has 0 fully saturated rings. The van der Waals surface area contributed by atoms with E-state index < -0.39 is 11.9 Å². The molecule has 2 rings (SSSR count). The summed E-state index contributed by atoms with van der Waals surface area (Å²) in [6, 6.07) is 9.83. The molecule has 1 unspecified atom stereocenters. The summed E-state index contributed by atoms with van der Waals surface area (Å²) < 4.78 is 14.0. The lowest BCUT2D eigenvalue weighted by Crippen LogP contribution is -2.02. The van der Waals surface area contributed by atoms with Crippen LogP contribution in [0.5, 0.6) is 0 Å². The van der Waals surface area contributed by atoms with Crippen LogP contribution in [0.3, 0.4) is 0 Å². The average Bonchev–Trinajstić information content (AvgIpc) is 2.37. The molecule has 1 N–H and O–H groups in total. The van der Waals surface area contributed by atoms with Crippen molar-refractivity contribution in [3.8, 4) is 0 Å².